The normalized spacial score (nSPS) is 9.29. The molecule has 92 valence electrons. The van der Waals surface area contributed by atoms with E-state index in [0.29, 0.717) is 11.4 Å². The number of hydrogen-bond donors (Lipinski definition) is 3. The summed E-state index contributed by atoms with van der Waals surface area (Å²) in [4.78, 5) is 22.1. The number of primary amides is 1. The van der Waals surface area contributed by atoms with Crippen LogP contribution in [0, 0.1) is 0 Å². The van der Waals surface area contributed by atoms with Gasteiger partial charge < -0.3 is 15.8 Å². The fourth-order valence-corrected chi connectivity index (χ4v) is 1.07. The minimum absolute atomic E-state index is 0.541. The van der Waals surface area contributed by atoms with Crippen molar-refractivity contribution in [2.75, 3.05) is 19.5 Å². The Morgan fingerprint density at radius 1 is 1.41 bits per heavy atom. The zero-order valence-corrected chi connectivity index (χ0v) is 9.56. The Morgan fingerprint density at radius 3 is 2.71 bits per heavy atom. The van der Waals surface area contributed by atoms with Gasteiger partial charge in [-0.2, -0.15) is 0 Å². The maximum atomic E-state index is 11.4. The SMILES string of the molecule is COc1cccc(NC(=O)NN(C)C(N)=O)c1. The molecule has 7 nitrogen and oxygen atoms in total. The van der Waals surface area contributed by atoms with E-state index < -0.39 is 12.1 Å². The molecule has 0 spiro atoms. The van der Waals surface area contributed by atoms with Crippen LogP contribution in [0.1, 0.15) is 0 Å². The van der Waals surface area contributed by atoms with Crippen molar-refractivity contribution in [3.05, 3.63) is 24.3 Å². The number of methoxy groups -OCH3 is 1. The number of carbonyl (C=O) groups excluding carboxylic acids is 2. The topological polar surface area (TPSA) is 96.7 Å². The average Bonchev–Trinajstić information content (AvgIpc) is 2.28. The molecule has 0 bridgehead atoms. The lowest BCUT2D eigenvalue weighted by Gasteiger charge is -2.16. The van der Waals surface area contributed by atoms with Gasteiger partial charge in [-0.3, -0.25) is 0 Å². The van der Waals surface area contributed by atoms with E-state index >= 15 is 0 Å². The van der Waals surface area contributed by atoms with E-state index in [1.54, 1.807) is 24.3 Å². The van der Waals surface area contributed by atoms with Gasteiger partial charge in [0.15, 0.2) is 0 Å². The molecule has 4 N–H and O–H groups in total. The van der Waals surface area contributed by atoms with E-state index in [2.05, 4.69) is 10.7 Å². The number of nitrogens with one attached hydrogen (secondary N) is 2. The van der Waals surface area contributed by atoms with E-state index in [-0.39, 0.29) is 0 Å². The molecule has 0 aliphatic heterocycles. The first kappa shape index (κ1) is 12.6. The van der Waals surface area contributed by atoms with Crippen LogP contribution in [0.25, 0.3) is 0 Å². The van der Waals surface area contributed by atoms with Crippen molar-refractivity contribution < 1.29 is 14.3 Å². The van der Waals surface area contributed by atoms with Gasteiger partial charge in [0.05, 0.1) is 7.11 Å². The summed E-state index contributed by atoms with van der Waals surface area (Å²) < 4.78 is 5.00. The Labute approximate surface area is 98.5 Å². The van der Waals surface area contributed by atoms with Crippen molar-refractivity contribution in [2.45, 2.75) is 0 Å². The summed E-state index contributed by atoms with van der Waals surface area (Å²) in [5, 5.41) is 3.39. The van der Waals surface area contributed by atoms with Crippen LogP contribution in [0.3, 0.4) is 0 Å². The maximum absolute atomic E-state index is 11.4. The van der Waals surface area contributed by atoms with Crippen LogP contribution in [-0.4, -0.2) is 31.2 Å². The Balaban J connectivity index is 2.58. The van der Waals surface area contributed by atoms with E-state index in [0.717, 1.165) is 5.01 Å². The number of benzene rings is 1. The van der Waals surface area contributed by atoms with Gasteiger partial charge in [-0.1, -0.05) is 6.07 Å². The molecule has 0 radical (unpaired) electrons. The fourth-order valence-electron chi connectivity index (χ4n) is 1.07. The highest BCUT2D eigenvalue weighted by Gasteiger charge is 2.07. The van der Waals surface area contributed by atoms with Crippen LogP contribution in [0.15, 0.2) is 24.3 Å². The first-order chi connectivity index (χ1) is 8.02. The van der Waals surface area contributed by atoms with Crippen LogP contribution >= 0.6 is 0 Å². The van der Waals surface area contributed by atoms with E-state index in [1.165, 1.54) is 14.2 Å². The number of hydrazine groups is 1. The van der Waals surface area contributed by atoms with Gasteiger partial charge in [0.1, 0.15) is 5.75 Å². The number of rotatable bonds is 2. The van der Waals surface area contributed by atoms with Gasteiger partial charge in [-0.05, 0) is 12.1 Å². The molecule has 0 saturated heterocycles. The third-order valence-corrected chi connectivity index (χ3v) is 1.93. The monoisotopic (exact) mass is 238 g/mol. The third kappa shape index (κ3) is 3.90. The summed E-state index contributed by atoms with van der Waals surface area (Å²) in [5.41, 5.74) is 7.72. The molecule has 7 heteroatoms. The standard InChI is InChI=1S/C10H14N4O3/c1-14(9(11)15)13-10(16)12-7-4-3-5-8(6-7)17-2/h3-6H,1-2H3,(H2,11,15)(H2,12,13,16). The van der Waals surface area contributed by atoms with Crippen LogP contribution in [-0.2, 0) is 0 Å². The predicted octanol–water partition coefficient (Wildman–Crippen LogP) is 0.742. The summed E-state index contributed by atoms with van der Waals surface area (Å²) in [7, 11) is 2.87. The van der Waals surface area contributed by atoms with E-state index in [4.69, 9.17) is 10.5 Å². The van der Waals surface area contributed by atoms with Crippen LogP contribution in [0.5, 0.6) is 5.75 Å². The van der Waals surface area contributed by atoms with Gasteiger partial charge in [-0.25, -0.2) is 20.0 Å². The zero-order valence-electron chi connectivity index (χ0n) is 9.56. The summed E-state index contributed by atoms with van der Waals surface area (Å²) in [6, 6.07) is 5.48. The minimum atomic E-state index is -0.759. The second kappa shape index (κ2) is 5.59. The number of ether oxygens (including phenoxy) is 1. The molecule has 17 heavy (non-hydrogen) atoms. The Bertz CT molecular complexity index is 422. The molecule has 0 aromatic heterocycles. The number of carbonyl (C=O) groups is 2. The van der Waals surface area contributed by atoms with Crippen molar-refractivity contribution in [3.8, 4) is 5.75 Å². The van der Waals surface area contributed by atoms with E-state index in [1.807, 2.05) is 0 Å². The summed E-state index contributed by atoms with van der Waals surface area (Å²) in [5.74, 6) is 0.617. The molecule has 0 heterocycles. The molecule has 0 fully saturated rings. The highest BCUT2D eigenvalue weighted by Crippen LogP contribution is 2.16. The summed E-state index contributed by atoms with van der Waals surface area (Å²) >= 11 is 0. The number of hydrogen-bond acceptors (Lipinski definition) is 3. The van der Waals surface area contributed by atoms with Crippen LogP contribution in [0.2, 0.25) is 0 Å². The molecule has 0 atom stereocenters. The Hall–Kier alpha value is -2.44. The summed E-state index contributed by atoms with van der Waals surface area (Å²) in [6.07, 6.45) is 0. The lowest BCUT2D eigenvalue weighted by molar-refractivity contribution is 0.193. The molecule has 4 amide bonds. The number of nitrogens with zero attached hydrogens (tertiary/aromatic N) is 1. The highest BCUT2D eigenvalue weighted by atomic mass is 16.5. The molecular weight excluding hydrogens is 224 g/mol. The van der Waals surface area contributed by atoms with Gasteiger partial charge in [0.2, 0.25) is 0 Å². The average molecular weight is 238 g/mol. The van der Waals surface area contributed by atoms with Gasteiger partial charge in [-0.15, -0.1) is 0 Å². The number of nitrogens with two attached hydrogens (primary N) is 1. The molecule has 1 aromatic rings. The smallest absolute Gasteiger partial charge is 0.338 e. The van der Waals surface area contributed by atoms with Crippen molar-refractivity contribution in [1.29, 1.82) is 0 Å². The fraction of sp³-hybridized carbons (Fsp3) is 0.200. The second-order valence-electron chi connectivity index (χ2n) is 3.20. The van der Waals surface area contributed by atoms with E-state index in [9.17, 15) is 9.59 Å². The predicted molar refractivity (Wildman–Crippen MR) is 62.5 cm³/mol. The highest BCUT2D eigenvalue weighted by molar-refractivity contribution is 5.90. The lowest BCUT2D eigenvalue weighted by atomic mass is 10.3. The van der Waals surface area contributed by atoms with Gasteiger partial charge >= 0.3 is 12.1 Å². The Kier molecular flexibility index (Phi) is 4.15. The summed E-state index contributed by atoms with van der Waals surface area (Å²) in [6.45, 7) is 0. The molecule has 0 unspecified atom stereocenters. The molecule has 1 rings (SSSR count). The number of amides is 4. The zero-order chi connectivity index (χ0) is 12.8. The van der Waals surface area contributed by atoms with Crippen LogP contribution in [0.4, 0.5) is 15.3 Å². The second-order valence-corrected chi connectivity index (χ2v) is 3.20. The molecule has 1 aromatic carbocycles. The largest absolute Gasteiger partial charge is 0.497 e. The van der Waals surface area contributed by atoms with Crippen molar-refractivity contribution >= 4 is 17.7 Å². The first-order valence-electron chi connectivity index (χ1n) is 4.78. The quantitative estimate of drug-likeness (QED) is 0.663. The number of anilines is 1. The molecule has 0 saturated carbocycles. The Morgan fingerprint density at radius 2 is 2.12 bits per heavy atom. The first-order valence-corrected chi connectivity index (χ1v) is 4.78. The number of urea groups is 2. The molecule has 0 aliphatic rings. The molecular formula is C10H14N4O3. The van der Waals surface area contributed by atoms with Gasteiger partial charge in [0, 0.05) is 18.8 Å². The molecule has 0 aliphatic carbocycles. The minimum Gasteiger partial charge on any atom is -0.497 e. The van der Waals surface area contributed by atoms with Crippen molar-refractivity contribution in [2.24, 2.45) is 5.73 Å². The van der Waals surface area contributed by atoms with Crippen molar-refractivity contribution in [3.63, 3.8) is 0 Å². The maximum Gasteiger partial charge on any atom is 0.338 e. The lowest BCUT2D eigenvalue weighted by Crippen LogP contribution is -2.47. The van der Waals surface area contributed by atoms with Crippen LogP contribution < -0.4 is 21.2 Å². The van der Waals surface area contributed by atoms with Crippen molar-refractivity contribution in [1.82, 2.24) is 10.4 Å². The van der Waals surface area contributed by atoms with Gasteiger partial charge in [0.25, 0.3) is 0 Å². The third-order valence-electron chi connectivity index (χ3n) is 1.93.